The van der Waals surface area contributed by atoms with Gasteiger partial charge in [0.1, 0.15) is 5.82 Å². The van der Waals surface area contributed by atoms with Crippen molar-refractivity contribution in [3.05, 3.63) is 59.8 Å². The number of aliphatic hydroxyl groups excluding tert-OH is 1. The molecule has 5 heteroatoms. The van der Waals surface area contributed by atoms with Gasteiger partial charge < -0.3 is 10.0 Å². The number of aliphatic hydroxyl groups is 1. The molecular formula is C18H21N3O2. The molecule has 3 rings (SSSR count). The number of aromatic nitrogens is 1. The van der Waals surface area contributed by atoms with Crippen LogP contribution < -0.4 is 5.32 Å². The molecule has 23 heavy (non-hydrogen) atoms. The Morgan fingerprint density at radius 3 is 2.87 bits per heavy atom. The van der Waals surface area contributed by atoms with Gasteiger partial charge in [0.05, 0.1) is 12.6 Å². The van der Waals surface area contributed by atoms with E-state index in [-0.39, 0.29) is 18.7 Å². The zero-order valence-electron chi connectivity index (χ0n) is 13.0. The first-order valence-electron chi connectivity index (χ1n) is 7.97. The topological polar surface area (TPSA) is 65.5 Å². The molecule has 0 bridgehead atoms. The van der Waals surface area contributed by atoms with E-state index in [1.165, 1.54) is 11.1 Å². The van der Waals surface area contributed by atoms with Crippen LogP contribution in [-0.4, -0.2) is 34.2 Å². The Morgan fingerprint density at radius 2 is 2.09 bits per heavy atom. The van der Waals surface area contributed by atoms with E-state index in [4.69, 9.17) is 0 Å². The van der Waals surface area contributed by atoms with E-state index in [0.29, 0.717) is 12.4 Å². The fourth-order valence-corrected chi connectivity index (χ4v) is 3.18. The van der Waals surface area contributed by atoms with Gasteiger partial charge in [0.15, 0.2) is 0 Å². The van der Waals surface area contributed by atoms with Crippen molar-refractivity contribution in [1.82, 2.24) is 9.88 Å². The number of anilines is 1. The van der Waals surface area contributed by atoms with Crippen LogP contribution >= 0.6 is 0 Å². The maximum Gasteiger partial charge on any atom is 0.323 e. The van der Waals surface area contributed by atoms with E-state index in [9.17, 15) is 9.90 Å². The molecule has 120 valence electrons. The van der Waals surface area contributed by atoms with Gasteiger partial charge in [-0.3, -0.25) is 5.32 Å². The van der Waals surface area contributed by atoms with Gasteiger partial charge in [-0.15, -0.1) is 0 Å². The molecule has 1 aromatic carbocycles. The molecule has 0 spiro atoms. The molecule has 5 nitrogen and oxygen atoms in total. The SMILES string of the molecule is O=C(Nc1ccccn1)N(CCO)C1CCCc2ccccc21. The zero-order valence-corrected chi connectivity index (χ0v) is 13.0. The lowest BCUT2D eigenvalue weighted by atomic mass is 9.87. The molecule has 2 aromatic rings. The van der Waals surface area contributed by atoms with Crippen LogP contribution in [0.5, 0.6) is 0 Å². The standard InChI is InChI=1S/C18H21N3O2/c22-13-12-21(18(23)20-17-10-3-4-11-19-17)16-9-5-7-14-6-1-2-8-15(14)16/h1-4,6,8,10-11,16,22H,5,7,9,12-13H2,(H,19,20,23). The van der Waals surface area contributed by atoms with E-state index in [1.807, 2.05) is 18.2 Å². The van der Waals surface area contributed by atoms with Gasteiger partial charge in [0.25, 0.3) is 0 Å². The minimum absolute atomic E-state index is 0.00388. The van der Waals surface area contributed by atoms with Crippen molar-refractivity contribution >= 4 is 11.8 Å². The maximum absolute atomic E-state index is 12.7. The molecule has 0 aliphatic heterocycles. The predicted molar refractivity (Wildman–Crippen MR) is 89.2 cm³/mol. The fraction of sp³-hybridized carbons (Fsp3) is 0.333. The first kappa shape index (κ1) is 15.5. The van der Waals surface area contributed by atoms with Crippen LogP contribution in [0.15, 0.2) is 48.7 Å². The number of fused-ring (bicyclic) bond motifs is 1. The van der Waals surface area contributed by atoms with Crippen LogP contribution in [0.2, 0.25) is 0 Å². The molecule has 1 heterocycles. The molecular weight excluding hydrogens is 290 g/mol. The van der Waals surface area contributed by atoms with Crippen molar-refractivity contribution in [2.24, 2.45) is 0 Å². The Morgan fingerprint density at radius 1 is 1.26 bits per heavy atom. The van der Waals surface area contributed by atoms with Gasteiger partial charge in [-0.05, 0) is 42.5 Å². The number of hydrogen-bond acceptors (Lipinski definition) is 3. The quantitative estimate of drug-likeness (QED) is 0.912. The number of rotatable bonds is 4. The zero-order chi connectivity index (χ0) is 16.1. The van der Waals surface area contributed by atoms with Crippen LogP contribution in [-0.2, 0) is 6.42 Å². The summed E-state index contributed by atoms with van der Waals surface area (Å²) in [6, 6.07) is 13.4. The fourth-order valence-electron chi connectivity index (χ4n) is 3.18. The Hall–Kier alpha value is -2.40. The summed E-state index contributed by atoms with van der Waals surface area (Å²) in [5, 5.41) is 12.2. The second-order valence-corrected chi connectivity index (χ2v) is 5.67. The highest BCUT2D eigenvalue weighted by Crippen LogP contribution is 2.34. The number of benzene rings is 1. The summed E-state index contributed by atoms with van der Waals surface area (Å²) in [6.45, 7) is 0.242. The van der Waals surface area contributed by atoms with Crippen molar-refractivity contribution in [3.8, 4) is 0 Å². The van der Waals surface area contributed by atoms with Gasteiger partial charge in [0, 0.05) is 12.7 Å². The lowest BCUT2D eigenvalue weighted by Gasteiger charge is -2.35. The molecule has 2 amide bonds. The molecule has 1 unspecified atom stereocenters. The normalized spacial score (nSPS) is 16.5. The van der Waals surface area contributed by atoms with E-state index in [2.05, 4.69) is 22.4 Å². The third kappa shape index (κ3) is 3.51. The van der Waals surface area contributed by atoms with Crippen LogP contribution in [0, 0.1) is 0 Å². The summed E-state index contributed by atoms with van der Waals surface area (Å²) in [7, 11) is 0. The lowest BCUT2D eigenvalue weighted by Crippen LogP contribution is -2.41. The number of nitrogens with zero attached hydrogens (tertiary/aromatic N) is 2. The number of urea groups is 1. The van der Waals surface area contributed by atoms with E-state index in [0.717, 1.165) is 19.3 Å². The van der Waals surface area contributed by atoms with E-state index in [1.54, 1.807) is 23.2 Å². The Labute approximate surface area is 136 Å². The van der Waals surface area contributed by atoms with Crippen LogP contribution in [0.1, 0.15) is 30.0 Å². The monoisotopic (exact) mass is 311 g/mol. The largest absolute Gasteiger partial charge is 0.395 e. The van der Waals surface area contributed by atoms with Gasteiger partial charge in [-0.25, -0.2) is 9.78 Å². The average molecular weight is 311 g/mol. The van der Waals surface area contributed by atoms with Crippen LogP contribution in [0.4, 0.5) is 10.6 Å². The van der Waals surface area contributed by atoms with Crippen LogP contribution in [0.25, 0.3) is 0 Å². The number of nitrogens with one attached hydrogen (secondary N) is 1. The third-order valence-electron chi connectivity index (χ3n) is 4.22. The highest BCUT2D eigenvalue weighted by atomic mass is 16.3. The van der Waals surface area contributed by atoms with E-state index < -0.39 is 0 Å². The summed E-state index contributed by atoms with van der Waals surface area (Å²) in [4.78, 5) is 18.5. The minimum Gasteiger partial charge on any atom is -0.395 e. The smallest absolute Gasteiger partial charge is 0.323 e. The van der Waals surface area contributed by atoms with Gasteiger partial charge in [-0.2, -0.15) is 0 Å². The number of aryl methyl sites for hydroxylation is 1. The highest BCUT2D eigenvalue weighted by molar-refractivity contribution is 5.88. The summed E-state index contributed by atoms with van der Waals surface area (Å²) in [5.41, 5.74) is 2.47. The second kappa shape index (κ2) is 7.24. The average Bonchev–Trinajstić information content (AvgIpc) is 2.60. The maximum atomic E-state index is 12.7. The second-order valence-electron chi connectivity index (χ2n) is 5.67. The highest BCUT2D eigenvalue weighted by Gasteiger charge is 2.28. The first-order valence-corrected chi connectivity index (χ1v) is 7.97. The lowest BCUT2D eigenvalue weighted by molar-refractivity contribution is 0.154. The Kier molecular flexibility index (Phi) is 4.88. The third-order valence-corrected chi connectivity index (χ3v) is 4.22. The van der Waals surface area contributed by atoms with Crippen molar-refractivity contribution in [3.63, 3.8) is 0 Å². The molecule has 2 N–H and O–H groups in total. The van der Waals surface area contributed by atoms with Gasteiger partial charge in [0.2, 0.25) is 0 Å². The van der Waals surface area contributed by atoms with Crippen molar-refractivity contribution in [2.45, 2.75) is 25.3 Å². The molecule has 1 aliphatic carbocycles. The summed E-state index contributed by atoms with van der Waals surface area (Å²) >= 11 is 0. The molecule has 0 radical (unpaired) electrons. The number of carbonyl (C=O) groups is 1. The minimum atomic E-state index is -0.223. The first-order chi connectivity index (χ1) is 11.3. The molecule has 1 atom stereocenters. The number of carbonyl (C=O) groups excluding carboxylic acids is 1. The molecule has 0 saturated heterocycles. The molecule has 0 saturated carbocycles. The molecule has 1 aliphatic rings. The summed E-state index contributed by atoms with van der Waals surface area (Å²) in [6.07, 6.45) is 4.64. The summed E-state index contributed by atoms with van der Waals surface area (Å²) in [5.74, 6) is 0.518. The van der Waals surface area contributed by atoms with Gasteiger partial charge >= 0.3 is 6.03 Å². The molecule has 1 aromatic heterocycles. The van der Waals surface area contributed by atoms with Gasteiger partial charge in [-0.1, -0.05) is 30.3 Å². The Bertz CT molecular complexity index is 660. The summed E-state index contributed by atoms with van der Waals surface area (Å²) < 4.78 is 0. The number of pyridine rings is 1. The number of hydrogen-bond donors (Lipinski definition) is 2. The van der Waals surface area contributed by atoms with Crippen molar-refractivity contribution in [1.29, 1.82) is 0 Å². The van der Waals surface area contributed by atoms with Crippen LogP contribution in [0.3, 0.4) is 0 Å². The predicted octanol–water partition coefficient (Wildman–Crippen LogP) is 2.99. The molecule has 0 fully saturated rings. The van der Waals surface area contributed by atoms with E-state index >= 15 is 0 Å². The van der Waals surface area contributed by atoms with Crippen molar-refractivity contribution in [2.75, 3.05) is 18.5 Å². The van der Waals surface area contributed by atoms with Crippen molar-refractivity contribution < 1.29 is 9.90 Å². The number of amides is 2. The Balaban J connectivity index is 1.83.